The number of nitrogens with two attached hydrogens (primary N) is 1. The van der Waals surface area contributed by atoms with Crippen LogP contribution in [0.2, 0.25) is 0 Å². The van der Waals surface area contributed by atoms with E-state index in [0.717, 1.165) is 27.4 Å². The molecule has 3 aromatic carbocycles. The van der Waals surface area contributed by atoms with E-state index in [1.807, 2.05) is 51.1 Å². The van der Waals surface area contributed by atoms with Crippen LogP contribution < -0.4 is 20.7 Å². The summed E-state index contributed by atoms with van der Waals surface area (Å²) < 4.78 is 28.9. The van der Waals surface area contributed by atoms with Crippen molar-refractivity contribution in [3.05, 3.63) is 99.5 Å². The minimum Gasteiger partial charge on any atom is -0.343 e. The molecule has 1 aromatic heterocycles. The molecule has 0 aliphatic carbocycles. The third-order valence-corrected chi connectivity index (χ3v) is 9.79. The molecule has 0 fully saturated rings. The molecular formula is C33H38N6O5S3. The van der Waals surface area contributed by atoms with Crippen LogP contribution in [-0.4, -0.2) is 48.4 Å². The summed E-state index contributed by atoms with van der Waals surface area (Å²) in [7, 11) is -3.91. The number of rotatable bonds is 11. The Kier molecular flexibility index (Phi) is 11.1. The van der Waals surface area contributed by atoms with E-state index < -0.39 is 45.7 Å². The van der Waals surface area contributed by atoms with Gasteiger partial charge in [0.1, 0.15) is 6.04 Å². The summed E-state index contributed by atoms with van der Waals surface area (Å²) in [6.07, 6.45) is 0.257. The lowest BCUT2D eigenvalue weighted by Gasteiger charge is -2.28. The van der Waals surface area contributed by atoms with E-state index >= 15 is 0 Å². The van der Waals surface area contributed by atoms with Crippen molar-refractivity contribution >= 4 is 62.1 Å². The van der Waals surface area contributed by atoms with Gasteiger partial charge in [-0.15, -0.1) is 5.10 Å². The molecular weight excluding hydrogens is 657 g/mol. The highest BCUT2D eigenvalue weighted by atomic mass is 32.2. The monoisotopic (exact) mass is 694 g/mol. The highest BCUT2D eigenvalue weighted by molar-refractivity contribution is 7.92. The quantitative estimate of drug-likeness (QED) is 0.156. The fraction of sp³-hybridized carbons (Fsp3) is 0.303. The summed E-state index contributed by atoms with van der Waals surface area (Å²) in [5.41, 5.74) is 8.19. The summed E-state index contributed by atoms with van der Waals surface area (Å²) in [5.74, 6) is -2.45. The first-order valence-corrected chi connectivity index (χ1v) is 17.5. The molecule has 0 saturated carbocycles. The Labute approximate surface area is 283 Å². The number of imide groups is 1. The van der Waals surface area contributed by atoms with Gasteiger partial charge in [0, 0.05) is 11.3 Å². The van der Waals surface area contributed by atoms with Crippen molar-refractivity contribution in [1.82, 2.24) is 15.5 Å². The van der Waals surface area contributed by atoms with Gasteiger partial charge in [0.2, 0.25) is 11.0 Å². The van der Waals surface area contributed by atoms with Gasteiger partial charge in [-0.3, -0.25) is 24.2 Å². The van der Waals surface area contributed by atoms with Crippen LogP contribution in [0.15, 0.2) is 83.8 Å². The van der Waals surface area contributed by atoms with Gasteiger partial charge in [0.05, 0.1) is 10.9 Å². The molecule has 5 N–H and O–H groups in total. The molecule has 3 amide bonds. The molecule has 47 heavy (non-hydrogen) atoms. The number of hydrogen-bond donors (Lipinski definition) is 4. The molecule has 4 aromatic rings. The zero-order valence-corrected chi connectivity index (χ0v) is 29.1. The van der Waals surface area contributed by atoms with E-state index in [1.54, 1.807) is 38.1 Å². The average molecular weight is 695 g/mol. The van der Waals surface area contributed by atoms with Crippen LogP contribution >= 0.6 is 23.6 Å². The highest BCUT2D eigenvalue weighted by Crippen LogP contribution is 2.26. The van der Waals surface area contributed by atoms with Crippen LogP contribution in [0.3, 0.4) is 0 Å². The van der Waals surface area contributed by atoms with E-state index in [0.29, 0.717) is 0 Å². The maximum absolute atomic E-state index is 14.0. The Morgan fingerprint density at radius 1 is 0.979 bits per heavy atom. The highest BCUT2D eigenvalue weighted by Gasteiger charge is 2.36. The molecule has 4 rings (SSSR count). The van der Waals surface area contributed by atoms with Gasteiger partial charge in [-0.1, -0.05) is 88.4 Å². The van der Waals surface area contributed by atoms with Crippen LogP contribution in [0.5, 0.6) is 0 Å². The van der Waals surface area contributed by atoms with Gasteiger partial charge in [0.15, 0.2) is 3.95 Å². The fourth-order valence-electron chi connectivity index (χ4n) is 4.63. The van der Waals surface area contributed by atoms with Crippen LogP contribution in [0.4, 0.5) is 10.8 Å². The number of sulfonamides is 1. The van der Waals surface area contributed by atoms with Crippen LogP contribution in [0.1, 0.15) is 56.1 Å². The molecule has 14 heteroatoms. The number of aromatic nitrogens is 2. The van der Waals surface area contributed by atoms with Gasteiger partial charge in [-0.25, -0.2) is 13.3 Å². The number of nitrogens with one attached hydrogen (secondary N) is 3. The van der Waals surface area contributed by atoms with Crippen molar-refractivity contribution < 1.29 is 22.8 Å². The molecule has 0 aliphatic rings. The van der Waals surface area contributed by atoms with Crippen molar-refractivity contribution in [2.24, 2.45) is 11.7 Å². The molecule has 248 valence electrons. The number of anilines is 2. The molecule has 0 aliphatic heterocycles. The Morgan fingerprint density at radius 3 is 2.13 bits per heavy atom. The summed E-state index contributed by atoms with van der Waals surface area (Å²) >= 11 is 6.08. The second-order valence-electron chi connectivity index (χ2n) is 12.4. The Balaban J connectivity index is 1.55. The van der Waals surface area contributed by atoms with E-state index in [-0.39, 0.29) is 37.1 Å². The maximum Gasteiger partial charge on any atom is 0.267 e. The van der Waals surface area contributed by atoms with Crippen LogP contribution in [0.25, 0.3) is 0 Å². The third-order valence-electron chi connectivity index (χ3n) is 7.32. The number of carbonyl (C=O) groups excluding carboxylic acids is 3. The second-order valence-corrected chi connectivity index (χ2v) is 15.7. The van der Waals surface area contributed by atoms with Gasteiger partial charge < -0.3 is 11.1 Å². The topological polar surface area (TPSA) is 167 Å². The Morgan fingerprint density at radius 2 is 1.60 bits per heavy atom. The molecule has 11 nitrogen and oxygen atoms in total. The Bertz CT molecular complexity index is 1880. The molecule has 1 heterocycles. The number of amides is 3. The van der Waals surface area contributed by atoms with Gasteiger partial charge in [-0.05, 0) is 77.5 Å². The first kappa shape index (κ1) is 35.6. The predicted molar refractivity (Wildman–Crippen MR) is 186 cm³/mol. The zero-order valence-electron chi connectivity index (χ0n) is 26.7. The maximum atomic E-state index is 14.0. The first-order chi connectivity index (χ1) is 22.1. The molecule has 0 unspecified atom stereocenters. The number of hydrogen-bond acceptors (Lipinski definition) is 9. The average Bonchev–Trinajstić information content (AvgIpc) is 3.45. The van der Waals surface area contributed by atoms with Crippen molar-refractivity contribution in [3.63, 3.8) is 0 Å². The SMILES string of the molecule is CC(C)[C@H](NC(=O)[C@@H](N)Cc1ccccc1)C(=O)N(C(=O)c1ccc(NS(=O)(=O)c2ccc(C(C)(C)C)cc2)cc1)c1n[nH]c(=S)s1. The van der Waals surface area contributed by atoms with E-state index in [4.69, 9.17) is 18.0 Å². The lowest BCUT2D eigenvalue weighted by atomic mass is 9.87. The molecule has 0 radical (unpaired) electrons. The number of nitrogens with zero attached hydrogens (tertiary/aromatic N) is 2. The van der Waals surface area contributed by atoms with Crippen molar-refractivity contribution in [2.45, 2.75) is 63.4 Å². The third kappa shape index (κ3) is 8.98. The molecule has 2 atom stereocenters. The number of aromatic amines is 1. The smallest absolute Gasteiger partial charge is 0.267 e. The number of H-pyrrole nitrogens is 1. The standard InChI is InChI=1S/C33H38N6O5S3/c1-20(2)27(35-28(40)26(34)19-21-9-7-6-8-10-21)30(42)39(31-36-37-32(45)46-31)29(41)22-11-15-24(16-12-22)38-47(43,44)25-17-13-23(14-18-25)33(3,4)5/h6-18,20,26-27,38H,19,34H2,1-5H3,(H,35,40)(H,37,45)/t26-,27-/m0/s1. The predicted octanol–water partition coefficient (Wildman–Crippen LogP) is 5.18. The van der Waals surface area contributed by atoms with E-state index in [9.17, 15) is 22.8 Å². The second kappa shape index (κ2) is 14.7. The largest absolute Gasteiger partial charge is 0.343 e. The lowest BCUT2D eigenvalue weighted by molar-refractivity contribution is -0.129. The van der Waals surface area contributed by atoms with Gasteiger partial charge in [-0.2, -0.15) is 0 Å². The number of carbonyl (C=O) groups is 3. The fourth-order valence-corrected chi connectivity index (χ4v) is 6.57. The van der Waals surface area contributed by atoms with Crippen molar-refractivity contribution in [3.8, 4) is 0 Å². The summed E-state index contributed by atoms with van der Waals surface area (Å²) in [4.78, 5) is 41.9. The molecule has 0 spiro atoms. The summed E-state index contributed by atoms with van der Waals surface area (Å²) in [5, 5.41) is 9.35. The van der Waals surface area contributed by atoms with E-state index in [2.05, 4.69) is 20.2 Å². The summed E-state index contributed by atoms with van der Waals surface area (Å²) in [6, 6.07) is 19.5. The normalized spacial score (nSPS) is 13.1. The minimum atomic E-state index is -3.91. The van der Waals surface area contributed by atoms with Crippen LogP contribution in [0, 0.1) is 9.87 Å². The first-order valence-electron chi connectivity index (χ1n) is 14.8. The minimum absolute atomic E-state index is 0.0121. The molecule has 0 saturated heterocycles. The van der Waals surface area contributed by atoms with Gasteiger partial charge in [0.25, 0.3) is 21.8 Å². The van der Waals surface area contributed by atoms with E-state index in [1.165, 1.54) is 24.3 Å². The van der Waals surface area contributed by atoms with Crippen molar-refractivity contribution in [2.75, 3.05) is 9.62 Å². The van der Waals surface area contributed by atoms with Crippen molar-refractivity contribution in [1.29, 1.82) is 0 Å². The zero-order chi connectivity index (χ0) is 34.5. The number of benzene rings is 3. The van der Waals surface area contributed by atoms with Gasteiger partial charge >= 0.3 is 0 Å². The Hall–Kier alpha value is -4.24. The summed E-state index contributed by atoms with van der Waals surface area (Å²) in [6.45, 7) is 9.58. The lowest BCUT2D eigenvalue weighted by Crippen LogP contribution is -2.56. The van der Waals surface area contributed by atoms with Crippen LogP contribution in [-0.2, 0) is 31.4 Å². The molecule has 0 bridgehead atoms.